The zero-order valence-electron chi connectivity index (χ0n) is 9.68. The Morgan fingerprint density at radius 3 is 1.94 bits per heavy atom. The summed E-state index contributed by atoms with van der Waals surface area (Å²) >= 11 is 0. The Morgan fingerprint density at radius 2 is 1.38 bits per heavy atom. The van der Waals surface area contributed by atoms with Gasteiger partial charge >= 0.3 is 0 Å². The summed E-state index contributed by atoms with van der Waals surface area (Å²) in [5, 5.41) is 0. The van der Waals surface area contributed by atoms with E-state index in [1.165, 1.54) is 16.7 Å². The normalized spacial score (nSPS) is 12.4. The lowest BCUT2D eigenvalue weighted by atomic mass is 10.0. The van der Waals surface area contributed by atoms with Gasteiger partial charge in [-0.3, -0.25) is 0 Å². The number of rotatable bonds is 3. The molecule has 0 saturated heterocycles. The fourth-order valence-electron chi connectivity index (χ4n) is 1.83. The molecular weight excluding hydrogens is 196 g/mol. The van der Waals surface area contributed by atoms with Gasteiger partial charge in [-0.15, -0.1) is 0 Å². The van der Waals surface area contributed by atoms with Gasteiger partial charge in [0.15, 0.2) is 0 Å². The average molecular weight is 212 g/mol. The number of benzene rings is 2. The molecule has 16 heavy (non-hydrogen) atoms. The summed E-state index contributed by atoms with van der Waals surface area (Å²) in [6.45, 7) is 2.09. The van der Waals surface area contributed by atoms with Gasteiger partial charge < -0.3 is 4.74 Å². The van der Waals surface area contributed by atoms with Crippen molar-refractivity contribution < 1.29 is 4.74 Å². The Hall–Kier alpha value is -1.60. The van der Waals surface area contributed by atoms with E-state index in [0.29, 0.717) is 0 Å². The van der Waals surface area contributed by atoms with E-state index in [-0.39, 0.29) is 6.10 Å². The van der Waals surface area contributed by atoms with Crippen molar-refractivity contribution >= 4 is 0 Å². The van der Waals surface area contributed by atoms with Crippen LogP contribution in [0.4, 0.5) is 0 Å². The summed E-state index contributed by atoms with van der Waals surface area (Å²) < 4.78 is 5.56. The van der Waals surface area contributed by atoms with Crippen LogP contribution in [-0.4, -0.2) is 7.11 Å². The minimum Gasteiger partial charge on any atom is -0.372 e. The SMILES string of the molecule is COC(c1ccccc1)c1ccc(C)cc1. The number of methoxy groups -OCH3 is 1. The summed E-state index contributed by atoms with van der Waals surface area (Å²) in [6.07, 6.45) is 0.0294. The highest BCUT2D eigenvalue weighted by molar-refractivity contribution is 5.31. The third kappa shape index (κ3) is 2.31. The van der Waals surface area contributed by atoms with E-state index in [2.05, 4.69) is 43.3 Å². The van der Waals surface area contributed by atoms with E-state index in [0.717, 1.165) is 0 Å². The van der Waals surface area contributed by atoms with E-state index in [9.17, 15) is 0 Å². The van der Waals surface area contributed by atoms with Gasteiger partial charge in [0.05, 0.1) is 0 Å². The van der Waals surface area contributed by atoms with Crippen molar-refractivity contribution in [2.75, 3.05) is 7.11 Å². The molecule has 0 heterocycles. The van der Waals surface area contributed by atoms with Crippen molar-refractivity contribution in [3.8, 4) is 0 Å². The second-order valence-corrected chi connectivity index (χ2v) is 3.94. The molecule has 0 aliphatic heterocycles. The number of ether oxygens (including phenoxy) is 1. The van der Waals surface area contributed by atoms with Crippen LogP contribution in [0.3, 0.4) is 0 Å². The summed E-state index contributed by atoms with van der Waals surface area (Å²) in [6, 6.07) is 18.8. The number of hydrogen-bond acceptors (Lipinski definition) is 1. The van der Waals surface area contributed by atoms with Gasteiger partial charge in [-0.25, -0.2) is 0 Å². The second-order valence-electron chi connectivity index (χ2n) is 3.94. The Bertz CT molecular complexity index is 431. The van der Waals surface area contributed by atoms with E-state index >= 15 is 0 Å². The first kappa shape index (κ1) is 10.9. The lowest BCUT2D eigenvalue weighted by molar-refractivity contribution is 0.136. The van der Waals surface area contributed by atoms with Crippen molar-refractivity contribution in [3.63, 3.8) is 0 Å². The molecule has 0 N–H and O–H groups in total. The molecule has 2 aromatic carbocycles. The monoisotopic (exact) mass is 212 g/mol. The van der Waals surface area contributed by atoms with Crippen LogP contribution in [0.5, 0.6) is 0 Å². The van der Waals surface area contributed by atoms with Crippen LogP contribution < -0.4 is 0 Å². The molecule has 0 aliphatic rings. The van der Waals surface area contributed by atoms with Crippen molar-refractivity contribution in [1.82, 2.24) is 0 Å². The highest BCUT2D eigenvalue weighted by atomic mass is 16.5. The van der Waals surface area contributed by atoms with Gasteiger partial charge in [0.1, 0.15) is 6.10 Å². The third-order valence-electron chi connectivity index (χ3n) is 2.72. The molecule has 1 nitrogen and oxygen atoms in total. The van der Waals surface area contributed by atoms with E-state index in [1.54, 1.807) is 7.11 Å². The van der Waals surface area contributed by atoms with E-state index < -0.39 is 0 Å². The highest BCUT2D eigenvalue weighted by Gasteiger charge is 2.11. The highest BCUT2D eigenvalue weighted by Crippen LogP contribution is 2.25. The lowest BCUT2D eigenvalue weighted by Gasteiger charge is -2.16. The van der Waals surface area contributed by atoms with Gasteiger partial charge in [-0.05, 0) is 18.1 Å². The quantitative estimate of drug-likeness (QED) is 0.753. The summed E-state index contributed by atoms with van der Waals surface area (Å²) in [5.74, 6) is 0. The first-order valence-electron chi connectivity index (χ1n) is 5.45. The molecule has 2 rings (SSSR count). The van der Waals surface area contributed by atoms with Crippen LogP contribution in [0, 0.1) is 6.92 Å². The predicted octanol–water partition coefficient (Wildman–Crippen LogP) is 3.73. The Morgan fingerprint density at radius 1 is 0.812 bits per heavy atom. The van der Waals surface area contributed by atoms with Crippen LogP contribution in [-0.2, 0) is 4.74 Å². The smallest absolute Gasteiger partial charge is 0.107 e. The summed E-state index contributed by atoms with van der Waals surface area (Å²) in [5.41, 5.74) is 3.65. The maximum absolute atomic E-state index is 5.56. The molecular formula is C15H16O. The van der Waals surface area contributed by atoms with Crippen molar-refractivity contribution in [1.29, 1.82) is 0 Å². The Labute approximate surface area is 96.7 Å². The topological polar surface area (TPSA) is 9.23 Å². The molecule has 1 unspecified atom stereocenters. The number of hydrogen-bond donors (Lipinski definition) is 0. The van der Waals surface area contributed by atoms with Crippen LogP contribution in [0.2, 0.25) is 0 Å². The number of aryl methyl sites for hydroxylation is 1. The zero-order chi connectivity index (χ0) is 11.4. The van der Waals surface area contributed by atoms with Crippen molar-refractivity contribution in [2.45, 2.75) is 13.0 Å². The van der Waals surface area contributed by atoms with Crippen LogP contribution in [0.25, 0.3) is 0 Å². The van der Waals surface area contributed by atoms with Gasteiger partial charge in [0, 0.05) is 7.11 Å². The van der Waals surface area contributed by atoms with Crippen LogP contribution >= 0.6 is 0 Å². The van der Waals surface area contributed by atoms with Gasteiger partial charge in [-0.2, -0.15) is 0 Å². The molecule has 0 aromatic heterocycles. The lowest BCUT2D eigenvalue weighted by Crippen LogP contribution is -2.02. The molecule has 82 valence electrons. The first-order valence-corrected chi connectivity index (χ1v) is 5.45. The molecule has 0 amide bonds. The van der Waals surface area contributed by atoms with E-state index in [1.807, 2.05) is 18.2 Å². The minimum atomic E-state index is 0.0294. The largest absolute Gasteiger partial charge is 0.372 e. The molecule has 0 spiro atoms. The maximum atomic E-state index is 5.56. The van der Waals surface area contributed by atoms with Gasteiger partial charge in [-0.1, -0.05) is 60.2 Å². The average Bonchev–Trinajstić information content (AvgIpc) is 2.34. The molecule has 0 bridgehead atoms. The maximum Gasteiger partial charge on any atom is 0.107 e. The second kappa shape index (κ2) is 4.95. The van der Waals surface area contributed by atoms with Crippen molar-refractivity contribution in [2.24, 2.45) is 0 Å². The molecule has 0 aliphatic carbocycles. The fourth-order valence-corrected chi connectivity index (χ4v) is 1.83. The molecule has 1 atom stereocenters. The van der Waals surface area contributed by atoms with E-state index in [4.69, 9.17) is 4.74 Å². The van der Waals surface area contributed by atoms with Crippen molar-refractivity contribution in [3.05, 3.63) is 71.3 Å². The molecule has 0 saturated carbocycles. The Kier molecular flexibility index (Phi) is 3.37. The first-order chi connectivity index (χ1) is 7.81. The van der Waals surface area contributed by atoms with Gasteiger partial charge in [0.25, 0.3) is 0 Å². The predicted molar refractivity (Wildman–Crippen MR) is 66.5 cm³/mol. The van der Waals surface area contributed by atoms with Crippen LogP contribution in [0.15, 0.2) is 54.6 Å². The third-order valence-corrected chi connectivity index (χ3v) is 2.72. The molecule has 1 heteroatoms. The van der Waals surface area contributed by atoms with Gasteiger partial charge in [0.2, 0.25) is 0 Å². The zero-order valence-corrected chi connectivity index (χ0v) is 9.68. The summed E-state index contributed by atoms with van der Waals surface area (Å²) in [7, 11) is 1.75. The summed E-state index contributed by atoms with van der Waals surface area (Å²) in [4.78, 5) is 0. The standard InChI is InChI=1S/C15H16O/c1-12-8-10-14(11-9-12)15(16-2)13-6-4-3-5-7-13/h3-11,15H,1-2H3. The minimum absolute atomic E-state index is 0.0294. The molecule has 2 aromatic rings. The fraction of sp³-hybridized carbons (Fsp3) is 0.200. The molecule has 0 fully saturated rings. The molecule has 0 radical (unpaired) electrons. The van der Waals surface area contributed by atoms with Crippen LogP contribution in [0.1, 0.15) is 22.8 Å². The Balaban J connectivity index is 2.33.